The highest BCUT2D eigenvalue weighted by atomic mass is 32.2. The van der Waals surface area contributed by atoms with Crippen molar-refractivity contribution in [1.29, 1.82) is 0 Å². The number of fused-ring (bicyclic) bond motifs is 1. The van der Waals surface area contributed by atoms with Crippen molar-refractivity contribution < 1.29 is 18.0 Å². The van der Waals surface area contributed by atoms with Crippen LogP contribution in [0, 0.1) is 5.92 Å². The van der Waals surface area contributed by atoms with Crippen molar-refractivity contribution in [3.05, 3.63) is 53.6 Å². The third-order valence-electron chi connectivity index (χ3n) is 5.63. The molecule has 1 aliphatic heterocycles. The van der Waals surface area contributed by atoms with Gasteiger partial charge >= 0.3 is 0 Å². The van der Waals surface area contributed by atoms with Crippen LogP contribution in [-0.4, -0.2) is 31.7 Å². The Morgan fingerprint density at radius 2 is 1.74 bits per heavy atom. The second-order valence-corrected chi connectivity index (χ2v) is 9.88. The Morgan fingerprint density at radius 3 is 2.42 bits per heavy atom. The highest BCUT2D eigenvalue weighted by Gasteiger charge is 2.34. The standard InChI is InChI=1S/C23H27N3O4S/c1-2-3-22(27)24-19-8-10-21(11-9-19)31(29,30)25-20-7-6-16-12-13-26(15-18(16)14-20)23(28)17-4-5-17/h6-11,14,17,25H,2-5,12-13,15H2,1H3,(H,24,27). The topological polar surface area (TPSA) is 95.6 Å². The van der Waals surface area contributed by atoms with Gasteiger partial charge in [-0.2, -0.15) is 0 Å². The van der Waals surface area contributed by atoms with Gasteiger partial charge in [0.05, 0.1) is 4.90 Å². The van der Waals surface area contributed by atoms with Gasteiger partial charge in [0.15, 0.2) is 0 Å². The molecule has 0 unspecified atom stereocenters. The SMILES string of the molecule is CCCC(=O)Nc1ccc(S(=O)(=O)Nc2ccc3c(c2)CN(C(=O)C2CC2)CC3)cc1. The van der Waals surface area contributed by atoms with E-state index in [4.69, 9.17) is 0 Å². The summed E-state index contributed by atoms with van der Waals surface area (Å²) in [6.45, 7) is 3.16. The number of nitrogens with zero attached hydrogens (tertiary/aromatic N) is 1. The molecule has 0 bridgehead atoms. The van der Waals surface area contributed by atoms with Crippen LogP contribution in [0.25, 0.3) is 0 Å². The first kappa shape index (κ1) is 21.4. The minimum atomic E-state index is -3.77. The Kier molecular flexibility index (Phi) is 6.00. The zero-order valence-electron chi connectivity index (χ0n) is 17.6. The number of anilines is 2. The molecule has 164 valence electrons. The minimum absolute atomic E-state index is 0.0977. The van der Waals surface area contributed by atoms with E-state index >= 15 is 0 Å². The molecule has 2 aromatic carbocycles. The van der Waals surface area contributed by atoms with E-state index in [0.29, 0.717) is 30.9 Å². The van der Waals surface area contributed by atoms with Crippen molar-refractivity contribution in [2.45, 2.75) is 50.5 Å². The largest absolute Gasteiger partial charge is 0.338 e. The van der Waals surface area contributed by atoms with E-state index in [9.17, 15) is 18.0 Å². The molecule has 8 heteroatoms. The van der Waals surface area contributed by atoms with E-state index in [-0.39, 0.29) is 22.6 Å². The lowest BCUT2D eigenvalue weighted by atomic mass is 9.99. The summed E-state index contributed by atoms with van der Waals surface area (Å²) in [5.74, 6) is 0.292. The zero-order chi connectivity index (χ0) is 22.0. The van der Waals surface area contributed by atoms with Crippen molar-refractivity contribution in [1.82, 2.24) is 4.90 Å². The quantitative estimate of drug-likeness (QED) is 0.687. The number of carbonyl (C=O) groups is 2. The lowest BCUT2D eigenvalue weighted by Crippen LogP contribution is -2.36. The maximum Gasteiger partial charge on any atom is 0.261 e. The fourth-order valence-corrected chi connectivity index (χ4v) is 4.83. The molecule has 2 amide bonds. The molecule has 0 spiro atoms. The predicted molar refractivity (Wildman–Crippen MR) is 119 cm³/mol. The normalized spacial score (nSPS) is 15.8. The van der Waals surface area contributed by atoms with Gasteiger partial charge in [-0.15, -0.1) is 0 Å². The van der Waals surface area contributed by atoms with E-state index in [0.717, 1.165) is 36.8 Å². The molecule has 1 fully saturated rings. The first-order chi connectivity index (χ1) is 14.9. The van der Waals surface area contributed by atoms with Gasteiger partial charge in [-0.05, 0) is 73.2 Å². The molecular formula is C23H27N3O4S. The summed E-state index contributed by atoms with van der Waals surface area (Å²) in [6, 6.07) is 11.6. The van der Waals surface area contributed by atoms with Crippen LogP contribution in [-0.2, 0) is 32.6 Å². The average Bonchev–Trinajstić information content (AvgIpc) is 3.58. The van der Waals surface area contributed by atoms with Crippen LogP contribution in [0.1, 0.15) is 43.7 Å². The number of rotatable bonds is 7. The van der Waals surface area contributed by atoms with Crippen molar-refractivity contribution in [3.8, 4) is 0 Å². The number of amides is 2. The maximum atomic E-state index is 12.8. The third kappa shape index (κ3) is 5.07. The molecule has 31 heavy (non-hydrogen) atoms. The van der Waals surface area contributed by atoms with Crippen molar-refractivity contribution in [2.75, 3.05) is 16.6 Å². The molecule has 0 saturated heterocycles. The summed E-state index contributed by atoms with van der Waals surface area (Å²) in [5, 5.41) is 2.74. The van der Waals surface area contributed by atoms with E-state index in [1.807, 2.05) is 24.0 Å². The lowest BCUT2D eigenvalue weighted by Gasteiger charge is -2.29. The van der Waals surface area contributed by atoms with Gasteiger partial charge in [0.1, 0.15) is 0 Å². The second kappa shape index (κ2) is 8.70. The van der Waals surface area contributed by atoms with Gasteiger partial charge < -0.3 is 10.2 Å². The van der Waals surface area contributed by atoms with E-state index in [2.05, 4.69) is 10.0 Å². The first-order valence-corrected chi connectivity index (χ1v) is 12.2. The van der Waals surface area contributed by atoms with Gasteiger partial charge in [0.2, 0.25) is 11.8 Å². The Bertz CT molecular complexity index is 1090. The molecule has 1 aliphatic carbocycles. The molecule has 2 N–H and O–H groups in total. The van der Waals surface area contributed by atoms with Gasteiger partial charge in [-0.25, -0.2) is 8.42 Å². The highest BCUT2D eigenvalue weighted by Crippen LogP contribution is 2.33. The number of sulfonamides is 1. The van der Waals surface area contributed by atoms with Crippen LogP contribution in [0.15, 0.2) is 47.4 Å². The number of hydrogen-bond donors (Lipinski definition) is 2. The van der Waals surface area contributed by atoms with Crippen LogP contribution < -0.4 is 10.0 Å². The van der Waals surface area contributed by atoms with E-state index < -0.39 is 10.0 Å². The Labute approximate surface area is 182 Å². The molecule has 4 rings (SSSR count). The van der Waals surface area contributed by atoms with E-state index in [1.54, 1.807) is 18.2 Å². The number of nitrogens with one attached hydrogen (secondary N) is 2. The molecule has 2 aliphatic rings. The highest BCUT2D eigenvalue weighted by molar-refractivity contribution is 7.92. The third-order valence-corrected chi connectivity index (χ3v) is 7.03. The predicted octanol–water partition coefficient (Wildman–Crippen LogP) is 3.52. The molecule has 2 aromatic rings. The molecule has 0 atom stereocenters. The van der Waals surface area contributed by atoms with Crippen LogP contribution >= 0.6 is 0 Å². The Morgan fingerprint density at radius 1 is 1.03 bits per heavy atom. The van der Waals surface area contributed by atoms with Gasteiger partial charge in [0, 0.05) is 36.8 Å². The van der Waals surface area contributed by atoms with Crippen molar-refractivity contribution >= 4 is 33.2 Å². The van der Waals surface area contributed by atoms with Gasteiger partial charge in [-0.1, -0.05) is 13.0 Å². The summed E-state index contributed by atoms with van der Waals surface area (Å²) >= 11 is 0. The molecule has 0 radical (unpaired) electrons. The molecular weight excluding hydrogens is 414 g/mol. The average molecular weight is 442 g/mol. The van der Waals surface area contributed by atoms with Crippen LogP contribution in [0.4, 0.5) is 11.4 Å². The minimum Gasteiger partial charge on any atom is -0.338 e. The van der Waals surface area contributed by atoms with Gasteiger partial charge in [0.25, 0.3) is 10.0 Å². The van der Waals surface area contributed by atoms with Crippen LogP contribution in [0.3, 0.4) is 0 Å². The zero-order valence-corrected chi connectivity index (χ0v) is 18.4. The molecule has 1 saturated carbocycles. The van der Waals surface area contributed by atoms with E-state index in [1.165, 1.54) is 12.1 Å². The monoisotopic (exact) mass is 441 g/mol. The van der Waals surface area contributed by atoms with Crippen LogP contribution in [0.2, 0.25) is 0 Å². The van der Waals surface area contributed by atoms with Crippen molar-refractivity contribution in [3.63, 3.8) is 0 Å². The second-order valence-electron chi connectivity index (χ2n) is 8.20. The fourth-order valence-electron chi connectivity index (χ4n) is 3.78. The van der Waals surface area contributed by atoms with Gasteiger partial charge in [-0.3, -0.25) is 14.3 Å². The summed E-state index contributed by atoms with van der Waals surface area (Å²) in [5.41, 5.74) is 3.16. The fraction of sp³-hybridized carbons (Fsp3) is 0.391. The van der Waals surface area contributed by atoms with Crippen LogP contribution in [0.5, 0.6) is 0 Å². The maximum absolute atomic E-state index is 12.8. The molecule has 1 heterocycles. The Balaban J connectivity index is 1.45. The number of carbonyl (C=O) groups excluding carboxylic acids is 2. The number of hydrogen-bond acceptors (Lipinski definition) is 4. The van der Waals surface area contributed by atoms with Crippen molar-refractivity contribution in [2.24, 2.45) is 5.92 Å². The molecule has 7 nitrogen and oxygen atoms in total. The lowest BCUT2D eigenvalue weighted by molar-refractivity contribution is -0.133. The summed E-state index contributed by atoms with van der Waals surface area (Å²) in [4.78, 5) is 26.1. The first-order valence-electron chi connectivity index (χ1n) is 10.7. The number of benzene rings is 2. The summed E-state index contributed by atoms with van der Waals surface area (Å²) in [7, 11) is -3.77. The summed E-state index contributed by atoms with van der Waals surface area (Å²) in [6.07, 6.45) is 3.90. The molecule has 0 aromatic heterocycles. The smallest absolute Gasteiger partial charge is 0.261 e. The Hall–Kier alpha value is -2.87. The summed E-state index contributed by atoms with van der Waals surface area (Å²) < 4.78 is 28.3.